The normalized spacial score (nSPS) is 18.1. The summed E-state index contributed by atoms with van der Waals surface area (Å²) in [6, 6.07) is 34.9. The molecule has 0 bridgehead atoms. The Kier molecular flexibility index (Phi) is 9.48. The Morgan fingerprint density at radius 2 is 1.69 bits per heavy atom. The standard InChI is InChI=1S/C52H45N3/c1-6-9-17-37-20-16-24-44(41(37)8-3)49-42-22-12-10-18-38(42)26-29-45(49)54-35(4)25-30-46(36(7-2)34-53)55-47-31-27-39-19-11-13-23-43(39)50(47)51-48(55)32-28-40-21-14-15-33-52(40,51)5/h7,10-16,18-33,35,40,54H,2,6,8H2,1,3-5H3/b30-25-,46-36-. The molecule has 8 rings (SSSR count). The Labute approximate surface area is 325 Å². The summed E-state index contributed by atoms with van der Waals surface area (Å²) in [5.41, 5.74) is 10.3. The molecule has 1 aromatic heterocycles. The van der Waals surface area contributed by atoms with Crippen LogP contribution in [0.2, 0.25) is 0 Å². The predicted molar refractivity (Wildman–Crippen MR) is 235 cm³/mol. The maximum atomic E-state index is 10.6. The lowest BCUT2D eigenvalue weighted by molar-refractivity contribution is 0.496. The molecule has 0 saturated heterocycles. The van der Waals surface area contributed by atoms with Crippen molar-refractivity contribution in [1.82, 2.24) is 4.57 Å². The zero-order chi connectivity index (χ0) is 38.1. The number of allylic oxidation sites excluding steroid dienone is 9. The van der Waals surface area contributed by atoms with Gasteiger partial charge in [0.1, 0.15) is 6.07 Å². The van der Waals surface area contributed by atoms with E-state index in [2.05, 4.69) is 202 Å². The summed E-state index contributed by atoms with van der Waals surface area (Å²) in [7, 11) is 0. The second-order valence-corrected chi connectivity index (χ2v) is 14.6. The molecule has 2 aliphatic rings. The fraction of sp³-hybridized carbons (Fsp3) is 0.173. The summed E-state index contributed by atoms with van der Waals surface area (Å²) < 4.78 is 2.28. The SMILES string of the molecule is C=C/C(C#N)=C(\C=C/C(C)Nc1ccc2ccccc2c1-c1cccc(C#CCC)c1CC)n1c2c(c3c4ccccc4ccc31)C1(C)C=CC=CC1C=C2. The highest BCUT2D eigenvalue weighted by atomic mass is 15.0. The number of aromatic nitrogens is 1. The van der Waals surface area contributed by atoms with Crippen molar-refractivity contribution < 1.29 is 0 Å². The summed E-state index contributed by atoms with van der Waals surface area (Å²) in [5.74, 6) is 6.95. The monoisotopic (exact) mass is 711 g/mol. The average Bonchev–Trinajstić information content (AvgIpc) is 3.57. The Balaban J connectivity index is 1.27. The van der Waals surface area contributed by atoms with Crippen LogP contribution in [0, 0.1) is 29.1 Å². The molecule has 0 spiro atoms. The number of fused-ring (bicyclic) bond motifs is 8. The molecule has 6 aromatic rings. The molecule has 3 atom stereocenters. The Morgan fingerprint density at radius 1 is 0.927 bits per heavy atom. The maximum Gasteiger partial charge on any atom is 0.101 e. The van der Waals surface area contributed by atoms with Crippen molar-refractivity contribution in [2.45, 2.75) is 52.0 Å². The highest BCUT2D eigenvalue weighted by Crippen LogP contribution is 2.50. The summed E-state index contributed by atoms with van der Waals surface area (Å²) >= 11 is 0. The highest BCUT2D eigenvalue weighted by Gasteiger charge is 2.40. The second kappa shape index (κ2) is 14.7. The van der Waals surface area contributed by atoms with Gasteiger partial charge in [0.15, 0.2) is 0 Å². The minimum absolute atomic E-state index is 0.0878. The summed E-state index contributed by atoms with van der Waals surface area (Å²) in [6.07, 6.45) is 21.1. The van der Waals surface area contributed by atoms with Gasteiger partial charge >= 0.3 is 0 Å². The van der Waals surface area contributed by atoms with E-state index in [9.17, 15) is 5.26 Å². The number of nitrogens with one attached hydrogen (secondary N) is 1. The molecule has 0 saturated carbocycles. The number of hydrogen-bond acceptors (Lipinski definition) is 2. The maximum absolute atomic E-state index is 10.6. The molecule has 3 nitrogen and oxygen atoms in total. The van der Waals surface area contributed by atoms with Gasteiger partial charge in [0, 0.05) is 46.0 Å². The van der Waals surface area contributed by atoms with Crippen LogP contribution in [0.4, 0.5) is 5.69 Å². The van der Waals surface area contributed by atoms with Crippen molar-refractivity contribution >= 4 is 49.9 Å². The van der Waals surface area contributed by atoms with Crippen LogP contribution < -0.4 is 5.32 Å². The third-order valence-electron chi connectivity index (χ3n) is 11.4. The van der Waals surface area contributed by atoms with Crippen molar-refractivity contribution in [2.24, 2.45) is 5.92 Å². The van der Waals surface area contributed by atoms with Crippen LogP contribution in [0.5, 0.6) is 0 Å². The molecule has 5 aromatic carbocycles. The van der Waals surface area contributed by atoms with Gasteiger partial charge in [0.05, 0.1) is 22.5 Å². The lowest BCUT2D eigenvalue weighted by atomic mass is 9.66. The van der Waals surface area contributed by atoms with Gasteiger partial charge in [-0.25, -0.2) is 0 Å². The number of hydrogen-bond donors (Lipinski definition) is 1. The molecule has 2 aliphatic carbocycles. The molecule has 1 N–H and O–H groups in total. The van der Waals surface area contributed by atoms with E-state index in [1.807, 2.05) is 0 Å². The first kappa shape index (κ1) is 35.5. The second-order valence-electron chi connectivity index (χ2n) is 14.6. The van der Waals surface area contributed by atoms with Crippen molar-refractivity contribution in [1.29, 1.82) is 5.26 Å². The van der Waals surface area contributed by atoms with Crippen LogP contribution in [-0.2, 0) is 11.8 Å². The molecule has 1 heterocycles. The molecule has 55 heavy (non-hydrogen) atoms. The Bertz CT molecular complexity index is 2780. The first-order valence-corrected chi connectivity index (χ1v) is 19.4. The van der Waals surface area contributed by atoms with Gasteiger partial charge in [-0.1, -0.05) is 148 Å². The lowest BCUT2D eigenvalue weighted by Crippen LogP contribution is -2.31. The molecule has 268 valence electrons. The largest absolute Gasteiger partial charge is 0.379 e. The third-order valence-corrected chi connectivity index (χ3v) is 11.4. The van der Waals surface area contributed by atoms with Crippen molar-refractivity contribution in [2.75, 3.05) is 5.32 Å². The first-order valence-electron chi connectivity index (χ1n) is 19.4. The number of benzene rings is 5. The Morgan fingerprint density at radius 3 is 2.45 bits per heavy atom. The topological polar surface area (TPSA) is 40.8 Å². The van der Waals surface area contributed by atoms with E-state index in [1.54, 1.807) is 6.08 Å². The number of nitrogens with zero attached hydrogens (tertiary/aromatic N) is 2. The predicted octanol–water partition coefficient (Wildman–Crippen LogP) is 12.9. The van der Waals surface area contributed by atoms with E-state index in [0.29, 0.717) is 5.57 Å². The van der Waals surface area contributed by atoms with Gasteiger partial charge in [-0.2, -0.15) is 5.26 Å². The van der Waals surface area contributed by atoms with Crippen LogP contribution in [0.1, 0.15) is 56.5 Å². The lowest BCUT2D eigenvalue weighted by Gasteiger charge is -2.37. The Hall–Kier alpha value is -6.55. The van der Waals surface area contributed by atoms with Crippen molar-refractivity contribution in [3.8, 4) is 29.0 Å². The zero-order valence-electron chi connectivity index (χ0n) is 32.0. The van der Waals surface area contributed by atoms with Crippen LogP contribution >= 0.6 is 0 Å². The van der Waals surface area contributed by atoms with Crippen molar-refractivity contribution in [3.63, 3.8) is 0 Å². The van der Waals surface area contributed by atoms with Crippen LogP contribution in [0.15, 0.2) is 152 Å². The number of rotatable bonds is 8. The fourth-order valence-corrected chi connectivity index (χ4v) is 8.71. The third kappa shape index (κ3) is 6.03. The van der Waals surface area contributed by atoms with E-state index >= 15 is 0 Å². The number of anilines is 1. The smallest absolute Gasteiger partial charge is 0.101 e. The van der Waals surface area contributed by atoms with E-state index in [0.717, 1.165) is 41.0 Å². The molecule has 0 fully saturated rings. The quantitative estimate of drug-likeness (QED) is 0.0970. The molecular formula is C52H45N3. The van der Waals surface area contributed by atoms with Gasteiger partial charge in [-0.3, -0.25) is 0 Å². The zero-order valence-corrected chi connectivity index (χ0v) is 32.0. The minimum atomic E-state index is -0.250. The van der Waals surface area contributed by atoms with E-state index < -0.39 is 0 Å². The van der Waals surface area contributed by atoms with E-state index in [4.69, 9.17) is 0 Å². The summed E-state index contributed by atoms with van der Waals surface area (Å²) in [4.78, 5) is 0. The molecule has 0 amide bonds. The van der Waals surface area contributed by atoms with Crippen LogP contribution in [-0.4, -0.2) is 10.6 Å². The highest BCUT2D eigenvalue weighted by molar-refractivity contribution is 6.12. The minimum Gasteiger partial charge on any atom is -0.379 e. The molecular weight excluding hydrogens is 667 g/mol. The van der Waals surface area contributed by atoms with Crippen LogP contribution in [0.3, 0.4) is 0 Å². The van der Waals surface area contributed by atoms with Gasteiger partial charge in [-0.05, 0) is 88.0 Å². The summed E-state index contributed by atoms with van der Waals surface area (Å²) in [5, 5.41) is 20.5. The van der Waals surface area contributed by atoms with E-state index in [1.165, 1.54) is 49.2 Å². The van der Waals surface area contributed by atoms with Crippen LogP contribution in [0.25, 0.3) is 55.3 Å². The fourth-order valence-electron chi connectivity index (χ4n) is 8.71. The average molecular weight is 712 g/mol. The van der Waals surface area contributed by atoms with Gasteiger partial charge in [-0.15, -0.1) is 0 Å². The number of nitriles is 1. The summed E-state index contributed by atoms with van der Waals surface area (Å²) in [6.45, 7) is 12.9. The van der Waals surface area contributed by atoms with E-state index in [-0.39, 0.29) is 17.4 Å². The molecule has 3 heteroatoms. The molecule has 0 radical (unpaired) electrons. The van der Waals surface area contributed by atoms with Gasteiger partial charge in [0.2, 0.25) is 0 Å². The molecule has 0 aliphatic heterocycles. The van der Waals surface area contributed by atoms with Gasteiger partial charge < -0.3 is 9.88 Å². The first-order chi connectivity index (χ1) is 26.9. The molecule has 3 unspecified atom stereocenters. The van der Waals surface area contributed by atoms with Gasteiger partial charge in [0.25, 0.3) is 0 Å². The van der Waals surface area contributed by atoms with Crippen molar-refractivity contribution in [3.05, 3.63) is 174 Å².